The summed E-state index contributed by atoms with van der Waals surface area (Å²) in [6, 6.07) is 7.40. The van der Waals surface area contributed by atoms with Gasteiger partial charge in [0.25, 0.3) is 0 Å². The maximum absolute atomic E-state index is 11.8. The van der Waals surface area contributed by atoms with Gasteiger partial charge in [0.1, 0.15) is 12.7 Å². The average molecular weight is 444 g/mol. The number of rotatable bonds is 5. The Hall–Kier alpha value is -3.02. The quantitative estimate of drug-likeness (QED) is 0.577. The zero-order valence-corrected chi connectivity index (χ0v) is 17.5. The Morgan fingerprint density at radius 1 is 1.16 bits per heavy atom. The molecule has 1 fully saturated rings. The van der Waals surface area contributed by atoms with Crippen LogP contribution in [-0.2, 0) is 14.8 Å². The van der Waals surface area contributed by atoms with Gasteiger partial charge in [0, 0.05) is 31.0 Å². The van der Waals surface area contributed by atoms with E-state index >= 15 is 0 Å². The van der Waals surface area contributed by atoms with Crippen molar-refractivity contribution in [1.29, 1.82) is 0 Å². The standard InChI is InChI=1S/C20H20N4O6S/c1-31(25,26)24-6-7-27-14(10-24)11-28-20-19-16(21-4-5-22-19)9-15(23-20)13-2-3-17-18(8-13)30-12-29-17/h2-5,8-9,14H,6-7,10-12H2,1H3/t14-/m0/s1. The predicted molar refractivity (Wildman–Crippen MR) is 111 cm³/mol. The summed E-state index contributed by atoms with van der Waals surface area (Å²) < 4.78 is 47.5. The molecule has 3 aromatic rings. The summed E-state index contributed by atoms with van der Waals surface area (Å²) in [7, 11) is -3.29. The van der Waals surface area contributed by atoms with Crippen molar-refractivity contribution in [3.63, 3.8) is 0 Å². The van der Waals surface area contributed by atoms with Crippen molar-refractivity contribution in [1.82, 2.24) is 19.3 Å². The number of aromatic nitrogens is 3. The molecule has 2 aliphatic rings. The first-order valence-corrected chi connectivity index (χ1v) is 11.5. The van der Waals surface area contributed by atoms with Crippen molar-refractivity contribution in [2.24, 2.45) is 0 Å². The van der Waals surface area contributed by atoms with Crippen molar-refractivity contribution in [3.8, 4) is 28.6 Å². The van der Waals surface area contributed by atoms with Crippen molar-refractivity contribution in [2.45, 2.75) is 6.10 Å². The van der Waals surface area contributed by atoms with Gasteiger partial charge in [0.15, 0.2) is 17.0 Å². The number of nitrogens with zero attached hydrogens (tertiary/aromatic N) is 4. The Balaban J connectivity index is 1.43. The first kappa shape index (κ1) is 19.9. The molecule has 0 radical (unpaired) electrons. The summed E-state index contributed by atoms with van der Waals surface area (Å²) in [6.07, 6.45) is 3.95. The SMILES string of the molecule is CS(=O)(=O)N1CCO[C@H](COc2nc(-c3ccc4c(c3)OCO4)cc3nccnc23)C1. The maximum atomic E-state index is 11.8. The lowest BCUT2D eigenvalue weighted by atomic mass is 10.1. The van der Waals surface area contributed by atoms with E-state index in [1.165, 1.54) is 10.6 Å². The maximum Gasteiger partial charge on any atom is 0.242 e. The van der Waals surface area contributed by atoms with Gasteiger partial charge < -0.3 is 18.9 Å². The van der Waals surface area contributed by atoms with Crippen molar-refractivity contribution in [2.75, 3.05) is 39.4 Å². The predicted octanol–water partition coefficient (Wildman–Crippen LogP) is 1.46. The highest BCUT2D eigenvalue weighted by molar-refractivity contribution is 7.88. The summed E-state index contributed by atoms with van der Waals surface area (Å²) in [5.74, 6) is 1.64. The van der Waals surface area contributed by atoms with Crippen LogP contribution < -0.4 is 14.2 Å². The van der Waals surface area contributed by atoms with Gasteiger partial charge in [-0.05, 0) is 24.3 Å². The molecule has 1 saturated heterocycles. The van der Waals surface area contributed by atoms with Crippen LogP contribution in [0.2, 0.25) is 0 Å². The number of hydrogen-bond donors (Lipinski definition) is 0. The van der Waals surface area contributed by atoms with Gasteiger partial charge in [-0.1, -0.05) is 0 Å². The lowest BCUT2D eigenvalue weighted by molar-refractivity contribution is -0.0252. The van der Waals surface area contributed by atoms with E-state index in [1.807, 2.05) is 24.3 Å². The second kappa shape index (κ2) is 7.91. The molecule has 1 aromatic carbocycles. The van der Waals surface area contributed by atoms with E-state index in [0.29, 0.717) is 47.3 Å². The van der Waals surface area contributed by atoms with E-state index in [0.717, 1.165) is 5.56 Å². The van der Waals surface area contributed by atoms with Crippen molar-refractivity contribution >= 4 is 21.1 Å². The minimum absolute atomic E-state index is 0.134. The third kappa shape index (κ3) is 4.11. The fraction of sp³-hybridized carbons (Fsp3) is 0.350. The first-order valence-electron chi connectivity index (χ1n) is 9.69. The Bertz CT molecular complexity index is 1240. The molecular weight excluding hydrogens is 424 g/mol. The number of sulfonamides is 1. The van der Waals surface area contributed by atoms with Crippen molar-refractivity contribution < 1.29 is 27.4 Å². The summed E-state index contributed by atoms with van der Waals surface area (Å²) in [5.41, 5.74) is 2.60. The zero-order valence-electron chi connectivity index (χ0n) is 16.7. The van der Waals surface area contributed by atoms with Crippen LogP contribution in [0.1, 0.15) is 0 Å². The number of fused-ring (bicyclic) bond motifs is 2. The van der Waals surface area contributed by atoms with E-state index in [9.17, 15) is 8.42 Å². The van der Waals surface area contributed by atoms with Gasteiger partial charge in [-0.2, -0.15) is 4.31 Å². The third-order valence-corrected chi connectivity index (χ3v) is 6.34. The molecule has 11 heteroatoms. The summed E-state index contributed by atoms with van der Waals surface area (Å²) in [6.45, 7) is 1.20. The Labute approximate surface area is 178 Å². The molecule has 1 atom stereocenters. The molecule has 10 nitrogen and oxygen atoms in total. The second-order valence-corrected chi connectivity index (χ2v) is 9.21. The molecule has 0 bridgehead atoms. The summed E-state index contributed by atoms with van der Waals surface area (Å²) in [4.78, 5) is 13.4. The molecule has 0 unspecified atom stereocenters. The molecular formula is C20H20N4O6S. The second-order valence-electron chi connectivity index (χ2n) is 7.23. The third-order valence-electron chi connectivity index (χ3n) is 5.07. The van der Waals surface area contributed by atoms with Crippen LogP contribution in [0.15, 0.2) is 36.7 Å². The van der Waals surface area contributed by atoms with Crippen LogP contribution in [0.3, 0.4) is 0 Å². The van der Waals surface area contributed by atoms with Gasteiger partial charge in [0.2, 0.25) is 22.7 Å². The largest absolute Gasteiger partial charge is 0.473 e. The number of benzene rings is 1. The fourth-order valence-electron chi connectivity index (χ4n) is 3.51. The molecule has 0 N–H and O–H groups in total. The van der Waals surface area contributed by atoms with E-state index in [2.05, 4.69) is 15.0 Å². The minimum atomic E-state index is -3.29. The van der Waals surface area contributed by atoms with E-state index in [1.54, 1.807) is 12.4 Å². The van der Waals surface area contributed by atoms with Crippen LogP contribution in [0.5, 0.6) is 17.4 Å². The van der Waals surface area contributed by atoms with Gasteiger partial charge >= 0.3 is 0 Å². The molecule has 5 rings (SSSR count). The number of morpholine rings is 1. The zero-order chi connectivity index (χ0) is 21.4. The average Bonchev–Trinajstić information content (AvgIpc) is 3.25. The highest BCUT2D eigenvalue weighted by Gasteiger charge is 2.27. The highest BCUT2D eigenvalue weighted by Crippen LogP contribution is 2.36. The molecule has 162 valence electrons. The smallest absolute Gasteiger partial charge is 0.242 e. The lowest BCUT2D eigenvalue weighted by Gasteiger charge is -2.30. The number of ether oxygens (including phenoxy) is 4. The lowest BCUT2D eigenvalue weighted by Crippen LogP contribution is -2.47. The number of hydrogen-bond acceptors (Lipinski definition) is 9. The highest BCUT2D eigenvalue weighted by atomic mass is 32.2. The van der Waals surface area contributed by atoms with Crippen LogP contribution >= 0.6 is 0 Å². The van der Waals surface area contributed by atoms with Gasteiger partial charge in [0.05, 0.1) is 24.1 Å². The normalized spacial score (nSPS) is 18.9. The van der Waals surface area contributed by atoms with Crippen LogP contribution in [0.25, 0.3) is 22.3 Å². The van der Waals surface area contributed by atoms with Crippen LogP contribution in [-0.4, -0.2) is 73.1 Å². The minimum Gasteiger partial charge on any atom is -0.473 e. The molecule has 0 spiro atoms. The van der Waals surface area contributed by atoms with Crippen LogP contribution in [0, 0.1) is 0 Å². The van der Waals surface area contributed by atoms with Crippen LogP contribution in [0.4, 0.5) is 0 Å². The molecule has 31 heavy (non-hydrogen) atoms. The van der Waals surface area contributed by atoms with Crippen molar-refractivity contribution in [3.05, 3.63) is 36.7 Å². The number of pyridine rings is 1. The molecule has 2 aliphatic heterocycles. The molecule has 0 saturated carbocycles. The van der Waals surface area contributed by atoms with Gasteiger partial charge in [-0.3, -0.25) is 4.98 Å². The molecule has 0 amide bonds. The molecule has 4 heterocycles. The topological polar surface area (TPSA) is 113 Å². The summed E-state index contributed by atoms with van der Waals surface area (Å²) >= 11 is 0. The molecule has 2 aromatic heterocycles. The molecule has 0 aliphatic carbocycles. The Morgan fingerprint density at radius 3 is 2.87 bits per heavy atom. The monoisotopic (exact) mass is 444 g/mol. The first-order chi connectivity index (χ1) is 15.0. The summed E-state index contributed by atoms with van der Waals surface area (Å²) in [5, 5.41) is 0. The Kier molecular flexibility index (Phi) is 5.08. The van der Waals surface area contributed by atoms with E-state index < -0.39 is 16.1 Å². The van der Waals surface area contributed by atoms with Gasteiger partial charge in [-0.15, -0.1) is 0 Å². The fourth-order valence-corrected chi connectivity index (χ4v) is 4.36. The van der Waals surface area contributed by atoms with E-state index in [-0.39, 0.29) is 19.9 Å². The Morgan fingerprint density at radius 2 is 2.00 bits per heavy atom. The van der Waals surface area contributed by atoms with Gasteiger partial charge in [-0.25, -0.2) is 18.4 Å². The van der Waals surface area contributed by atoms with E-state index in [4.69, 9.17) is 18.9 Å².